The van der Waals surface area contributed by atoms with Gasteiger partial charge in [0.25, 0.3) is 0 Å². The van der Waals surface area contributed by atoms with Crippen molar-refractivity contribution in [3.8, 4) is 0 Å². The first-order valence-electron chi connectivity index (χ1n) is 9.35. The lowest BCUT2D eigenvalue weighted by Crippen LogP contribution is -2.43. The quantitative estimate of drug-likeness (QED) is 0.615. The predicted molar refractivity (Wildman–Crippen MR) is 111 cm³/mol. The van der Waals surface area contributed by atoms with Gasteiger partial charge in [0.1, 0.15) is 6.04 Å². The van der Waals surface area contributed by atoms with E-state index < -0.39 is 17.9 Å². The highest BCUT2D eigenvalue weighted by atomic mass is 35.5. The van der Waals surface area contributed by atoms with Crippen LogP contribution in [0.4, 0.5) is 0 Å². The number of benzene rings is 2. The highest BCUT2D eigenvalue weighted by molar-refractivity contribution is 6.30. The van der Waals surface area contributed by atoms with Crippen molar-refractivity contribution >= 4 is 29.4 Å². The van der Waals surface area contributed by atoms with Crippen LogP contribution in [-0.2, 0) is 25.5 Å². The van der Waals surface area contributed by atoms with E-state index in [2.05, 4.69) is 10.6 Å². The van der Waals surface area contributed by atoms with Crippen LogP contribution >= 0.6 is 11.6 Å². The minimum absolute atomic E-state index is 0.0219. The van der Waals surface area contributed by atoms with Gasteiger partial charge in [-0.3, -0.25) is 9.59 Å². The van der Waals surface area contributed by atoms with Crippen molar-refractivity contribution in [3.05, 3.63) is 70.7 Å². The Morgan fingerprint density at radius 3 is 2.24 bits per heavy atom. The topological polar surface area (TPSA) is 84.5 Å². The van der Waals surface area contributed by atoms with E-state index in [4.69, 9.17) is 16.3 Å². The van der Waals surface area contributed by atoms with E-state index in [9.17, 15) is 14.4 Å². The number of amides is 2. The average molecular weight is 417 g/mol. The second-order valence-electron chi connectivity index (χ2n) is 6.68. The number of methoxy groups -OCH3 is 1. The van der Waals surface area contributed by atoms with E-state index >= 15 is 0 Å². The summed E-state index contributed by atoms with van der Waals surface area (Å²) in [7, 11) is 1.26. The fourth-order valence-electron chi connectivity index (χ4n) is 2.87. The number of halogens is 1. The molecule has 0 saturated carbocycles. The summed E-state index contributed by atoms with van der Waals surface area (Å²) in [5.41, 5.74) is 1.78. The second kappa shape index (κ2) is 11.2. The highest BCUT2D eigenvalue weighted by Gasteiger charge is 2.22. The molecule has 2 amide bonds. The summed E-state index contributed by atoms with van der Waals surface area (Å²) < 4.78 is 4.78. The summed E-state index contributed by atoms with van der Waals surface area (Å²) in [5.74, 6) is -1.19. The van der Waals surface area contributed by atoms with Gasteiger partial charge in [0, 0.05) is 24.3 Å². The van der Waals surface area contributed by atoms with Crippen LogP contribution in [0.5, 0.6) is 0 Å². The zero-order chi connectivity index (χ0) is 21.2. The van der Waals surface area contributed by atoms with E-state index in [1.807, 2.05) is 43.3 Å². The first-order chi connectivity index (χ1) is 13.9. The summed E-state index contributed by atoms with van der Waals surface area (Å²) in [6.07, 6.45) is 0.237. The minimum Gasteiger partial charge on any atom is -0.467 e. The maximum Gasteiger partial charge on any atom is 0.328 e. The Kier molecular flexibility index (Phi) is 8.68. The summed E-state index contributed by atoms with van der Waals surface area (Å²) in [4.78, 5) is 36.4. The molecule has 0 unspecified atom stereocenters. The largest absolute Gasteiger partial charge is 0.467 e. The Balaban J connectivity index is 1.86. The number of rotatable bonds is 9. The van der Waals surface area contributed by atoms with E-state index in [0.29, 0.717) is 5.02 Å². The molecule has 0 spiro atoms. The third kappa shape index (κ3) is 7.58. The normalized spacial score (nSPS) is 12.5. The maximum atomic E-state index is 12.3. The van der Waals surface area contributed by atoms with Gasteiger partial charge in [-0.25, -0.2) is 4.79 Å². The van der Waals surface area contributed by atoms with Gasteiger partial charge in [0.15, 0.2) is 0 Å². The Morgan fingerprint density at radius 2 is 1.62 bits per heavy atom. The SMILES string of the molecule is COC(=O)[C@@H](Cc1cccc(Cl)c1)NC(=O)CCC(=O)N[C@H](C)c1ccccc1. The fourth-order valence-corrected chi connectivity index (χ4v) is 3.08. The fraction of sp³-hybridized carbons (Fsp3) is 0.318. The van der Waals surface area contributed by atoms with Gasteiger partial charge < -0.3 is 15.4 Å². The highest BCUT2D eigenvalue weighted by Crippen LogP contribution is 2.13. The molecule has 0 aliphatic carbocycles. The molecule has 6 nitrogen and oxygen atoms in total. The third-order valence-electron chi connectivity index (χ3n) is 4.41. The zero-order valence-corrected chi connectivity index (χ0v) is 17.2. The van der Waals surface area contributed by atoms with E-state index in [1.54, 1.807) is 18.2 Å². The van der Waals surface area contributed by atoms with Gasteiger partial charge in [0.05, 0.1) is 13.2 Å². The second-order valence-corrected chi connectivity index (χ2v) is 7.11. The van der Waals surface area contributed by atoms with Crippen LogP contribution in [0.15, 0.2) is 54.6 Å². The number of nitrogens with one attached hydrogen (secondary N) is 2. The van der Waals surface area contributed by atoms with Crippen molar-refractivity contribution in [2.75, 3.05) is 7.11 Å². The van der Waals surface area contributed by atoms with Crippen molar-refractivity contribution in [1.29, 1.82) is 0 Å². The van der Waals surface area contributed by atoms with Crippen LogP contribution in [0, 0.1) is 0 Å². The van der Waals surface area contributed by atoms with Gasteiger partial charge in [-0.1, -0.05) is 54.1 Å². The molecule has 7 heteroatoms. The molecule has 0 saturated heterocycles. The lowest BCUT2D eigenvalue weighted by Gasteiger charge is -2.17. The molecule has 0 heterocycles. The van der Waals surface area contributed by atoms with Crippen molar-refractivity contribution < 1.29 is 19.1 Å². The van der Waals surface area contributed by atoms with Gasteiger partial charge in [-0.05, 0) is 30.2 Å². The lowest BCUT2D eigenvalue weighted by atomic mass is 10.1. The number of esters is 1. The van der Waals surface area contributed by atoms with Crippen molar-refractivity contribution in [3.63, 3.8) is 0 Å². The third-order valence-corrected chi connectivity index (χ3v) is 4.64. The summed E-state index contributed by atoms with van der Waals surface area (Å²) in [6.45, 7) is 1.88. The molecule has 0 radical (unpaired) electrons. The number of hydrogen-bond donors (Lipinski definition) is 2. The molecule has 0 aliphatic rings. The molecular formula is C22H25ClN2O4. The van der Waals surface area contributed by atoms with Crippen LogP contribution < -0.4 is 10.6 Å². The molecule has 2 aromatic carbocycles. The molecule has 154 valence electrons. The molecule has 2 rings (SSSR count). The van der Waals surface area contributed by atoms with Crippen LogP contribution in [0.1, 0.15) is 36.9 Å². The average Bonchev–Trinajstić information content (AvgIpc) is 2.72. The van der Waals surface area contributed by atoms with E-state index in [-0.39, 0.29) is 31.2 Å². The summed E-state index contributed by atoms with van der Waals surface area (Å²) in [6, 6.07) is 15.6. The minimum atomic E-state index is -0.850. The van der Waals surface area contributed by atoms with Crippen molar-refractivity contribution in [2.24, 2.45) is 0 Å². The number of carbonyl (C=O) groups excluding carboxylic acids is 3. The molecule has 0 aromatic heterocycles. The molecule has 2 atom stereocenters. The Hall–Kier alpha value is -2.86. The number of carbonyl (C=O) groups is 3. The first kappa shape index (κ1) is 22.4. The smallest absolute Gasteiger partial charge is 0.328 e. The molecule has 0 fully saturated rings. The van der Waals surface area contributed by atoms with Crippen LogP contribution in [0.3, 0.4) is 0 Å². The monoisotopic (exact) mass is 416 g/mol. The molecule has 2 N–H and O–H groups in total. The van der Waals surface area contributed by atoms with Crippen LogP contribution in [0.2, 0.25) is 5.02 Å². The predicted octanol–water partition coefficient (Wildman–Crippen LogP) is 3.20. The molecule has 2 aromatic rings. The number of hydrogen-bond acceptors (Lipinski definition) is 4. The summed E-state index contributed by atoms with van der Waals surface area (Å²) in [5, 5.41) is 6.04. The maximum absolute atomic E-state index is 12.3. The van der Waals surface area contributed by atoms with E-state index in [0.717, 1.165) is 11.1 Å². The Bertz CT molecular complexity index is 842. The van der Waals surface area contributed by atoms with Crippen LogP contribution in [0.25, 0.3) is 0 Å². The van der Waals surface area contributed by atoms with E-state index in [1.165, 1.54) is 7.11 Å². The molecule has 29 heavy (non-hydrogen) atoms. The van der Waals surface area contributed by atoms with Crippen molar-refractivity contribution in [2.45, 2.75) is 38.3 Å². The first-order valence-corrected chi connectivity index (χ1v) is 9.72. The zero-order valence-electron chi connectivity index (χ0n) is 16.5. The number of ether oxygens (including phenoxy) is 1. The van der Waals surface area contributed by atoms with Gasteiger partial charge >= 0.3 is 5.97 Å². The van der Waals surface area contributed by atoms with Crippen LogP contribution in [-0.4, -0.2) is 30.9 Å². The lowest BCUT2D eigenvalue weighted by molar-refractivity contribution is -0.145. The molecule has 0 bridgehead atoms. The molecular weight excluding hydrogens is 392 g/mol. The summed E-state index contributed by atoms with van der Waals surface area (Å²) >= 11 is 5.97. The van der Waals surface area contributed by atoms with Gasteiger partial charge in [-0.15, -0.1) is 0 Å². The Morgan fingerprint density at radius 1 is 0.966 bits per heavy atom. The van der Waals surface area contributed by atoms with Gasteiger partial charge in [-0.2, -0.15) is 0 Å². The Labute approximate surface area is 175 Å². The standard InChI is InChI=1S/C22H25ClN2O4/c1-15(17-8-4-3-5-9-17)24-20(26)11-12-21(27)25-19(22(28)29-2)14-16-7-6-10-18(23)13-16/h3-10,13,15,19H,11-12,14H2,1-2H3,(H,24,26)(H,25,27)/t15-,19-/m1/s1. The van der Waals surface area contributed by atoms with Crippen molar-refractivity contribution in [1.82, 2.24) is 10.6 Å². The van der Waals surface area contributed by atoms with Gasteiger partial charge in [0.2, 0.25) is 11.8 Å². The molecule has 0 aliphatic heterocycles.